The third kappa shape index (κ3) is 12.2. The topological polar surface area (TPSA) is 263 Å². The summed E-state index contributed by atoms with van der Waals surface area (Å²) >= 11 is 0. The molecule has 0 saturated carbocycles. The van der Waals surface area contributed by atoms with Crippen molar-refractivity contribution in [1.29, 1.82) is 0 Å². The highest BCUT2D eigenvalue weighted by Crippen LogP contribution is 2.22. The molecule has 14 nitrogen and oxygen atoms in total. The van der Waals surface area contributed by atoms with Crippen molar-refractivity contribution >= 4 is 51.4 Å². The molecule has 0 aliphatic rings. The number of benzene rings is 1. The fourth-order valence-electron chi connectivity index (χ4n) is 2.65. The fraction of sp³-hybridized carbons (Fsp3) is 0.542. The molecular weight excluding hydrogens is 566 g/mol. The maximum absolute atomic E-state index is 12.4. The Hall–Kier alpha value is -2.73. The third-order valence-corrected chi connectivity index (χ3v) is 7.84. The highest BCUT2D eigenvalue weighted by Gasteiger charge is 2.30. The number of hydrogen-bond donors (Lipinski definition) is 6. The van der Waals surface area contributed by atoms with E-state index in [1.807, 2.05) is 0 Å². The van der Waals surface area contributed by atoms with Gasteiger partial charge in [0.2, 0.25) is 0 Å². The van der Waals surface area contributed by atoms with Gasteiger partial charge >= 0.3 is 29.8 Å². The van der Waals surface area contributed by atoms with Gasteiger partial charge in [-0.1, -0.05) is 47.6 Å². The van der Waals surface area contributed by atoms with Crippen molar-refractivity contribution < 1.29 is 43.3 Å². The zero-order valence-corrected chi connectivity index (χ0v) is 24.0. The summed E-state index contributed by atoms with van der Waals surface area (Å²) in [5.41, 5.74) is 29.2. The molecule has 1 aromatic rings. The first-order chi connectivity index (χ1) is 18.6. The molecule has 40 heavy (non-hydrogen) atoms. The van der Waals surface area contributed by atoms with E-state index in [4.69, 9.17) is 43.2 Å². The zero-order valence-electron chi connectivity index (χ0n) is 22.4. The van der Waals surface area contributed by atoms with Crippen LogP contribution in [0.5, 0.6) is 5.75 Å². The monoisotopic (exact) mass is 603 g/mol. The minimum absolute atomic E-state index is 0.0205. The van der Waals surface area contributed by atoms with Crippen LogP contribution in [0.2, 0.25) is 0 Å². The molecule has 0 radical (unpaired) electrons. The number of carbonyl (C=O) groups is 5. The molecule has 0 amide bonds. The largest absolute Gasteiger partial charge is 0.480 e. The van der Waals surface area contributed by atoms with Crippen molar-refractivity contribution in [2.24, 2.45) is 34.6 Å². The summed E-state index contributed by atoms with van der Waals surface area (Å²) in [6.45, 7) is 4.94. The molecule has 0 fully saturated rings. The maximum atomic E-state index is 12.4. The molecule has 6 atom stereocenters. The van der Waals surface area contributed by atoms with Crippen LogP contribution in [0.4, 0.5) is 0 Å². The van der Waals surface area contributed by atoms with E-state index in [9.17, 15) is 24.0 Å². The standard InChI is InChI=1S/C24H37N5O9S2/c1-11(2)18(28)23(34)37-14-6-4-13(5-7-14)8-15(25)21(32)36-12(3)19(29)24(35)38-22(33)17(27)10-40-39-9-16(26)20(30)31/h4-7,11-12,15-19H,8-10,25-29H2,1-3H3,(H,30,31)/t12-,15+,16?,17+,18+,19+/m1/s1. The second-order valence-corrected chi connectivity index (χ2v) is 11.7. The molecule has 0 saturated heterocycles. The molecule has 224 valence electrons. The molecule has 0 bridgehead atoms. The van der Waals surface area contributed by atoms with Gasteiger partial charge in [-0.2, -0.15) is 0 Å². The minimum Gasteiger partial charge on any atom is -0.480 e. The molecule has 1 aromatic carbocycles. The quantitative estimate of drug-likeness (QED) is 0.0430. The van der Waals surface area contributed by atoms with Crippen LogP contribution in [-0.2, 0) is 39.9 Å². The lowest BCUT2D eigenvalue weighted by Crippen LogP contribution is -2.48. The molecule has 11 N–H and O–H groups in total. The molecule has 0 heterocycles. The van der Waals surface area contributed by atoms with Crippen molar-refractivity contribution in [3.63, 3.8) is 0 Å². The first-order valence-corrected chi connectivity index (χ1v) is 14.6. The van der Waals surface area contributed by atoms with Crippen LogP contribution in [0.25, 0.3) is 0 Å². The second kappa shape index (κ2) is 17.2. The number of esters is 4. The van der Waals surface area contributed by atoms with Crippen molar-refractivity contribution in [3.8, 4) is 5.75 Å². The molecule has 1 rings (SSSR count). The van der Waals surface area contributed by atoms with Crippen molar-refractivity contribution in [2.75, 3.05) is 11.5 Å². The van der Waals surface area contributed by atoms with Gasteiger partial charge in [0.15, 0.2) is 0 Å². The average molecular weight is 604 g/mol. The molecular formula is C24H37N5O9S2. The first kappa shape index (κ1) is 35.3. The van der Waals surface area contributed by atoms with E-state index in [2.05, 4.69) is 4.74 Å². The predicted molar refractivity (Wildman–Crippen MR) is 150 cm³/mol. The summed E-state index contributed by atoms with van der Waals surface area (Å²) in [5.74, 6) is -4.46. The van der Waals surface area contributed by atoms with Gasteiger partial charge in [-0.15, -0.1) is 0 Å². The van der Waals surface area contributed by atoms with Crippen LogP contribution in [0.1, 0.15) is 26.3 Å². The Balaban J connectivity index is 2.50. The van der Waals surface area contributed by atoms with E-state index in [0.717, 1.165) is 21.6 Å². The number of nitrogens with two attached hydrogens (primary N) is 5. The fourth-order valence-corrected chi connectivity index (χ4v) is 4.87. The van der Waals surface area contributed by atoms with E-state index in [1.54, 1.807) is 26.0 Å². The highest BCUT2D eigenvalue weighted by atomic mass is 33.1. The van der Waals surface area contributed by atoms with Gasteiger partial charge in [0.1, 0.15) is 42.1 Å². The molecule has 0 aliphatic heterocycles. The average Bonchev–Trinajstić information content (AvgIpc) is 2.90. The zero-order chi connectivity index (χ0) is 30.6. The SMILES string of the molecule is CC(C)[C@H](N)C(=O)Oc1ccc(C[C@H](N)C(=O)O[C@H](C)[C@H](N)C(=O)OC(=O)[C@@H](N)CSSCC(N)C(=O)O)cc1. The van der Waals surface area contributed by atoms with Crippen molar-refractivity contribution in [1.82, 2.24) is 0 Å². The molecule has 1 unspecified atom stereocenters. The van der Waals surface area contributed by atoms with Crippen molar-refractivity contribution in [3.05, 3.63) is 29.8 Å². The van der Waals surface area contributed by atoms with Gasteiger partial charge in [0, 0.05) is 11.5 Å². The van der Waals surface area contributed by atoms with Gasteiger partial charge in [-0.25, -0.2) is 14.4 Å². The van der Waals surface area contributed by atoms with E-state index >= 15 is 0 Å². The Morgan fingerprint density at radius 2 is 1.30 bits per heavy atom. The van der Waals surface area contributed by atoms with Crippen LogP contribution in [0, 0.1) is 5.92 Å². The Morgan fingerprint density at radius 1 is 0.750 bits per heavy atom. The minimum atomic E-state index is -1.49. The normalized spacial score (nSPS) is 15.7. The molecule has 0 spiro atoms. The lowest BCUT2D eigenvalue weighted by atomic mass is 10.1. The van der Waals surface area contributed by atoms with E-state index in [-0.39, 0.29) is 29.6 Å². The van der Waals surface area contributed by atoms with Crippen LogP contribution in [-0.4, -0.2) is 82.8 Å². The molecule has 0 aliphatic carbocycles. The van der Waals surface area contributed by atoms with Gasteiger partial charge < -0.3 is 48.0 Å². The molecule has 16 heteroatoms. The number of hydrogen-bond acceptors (Lipinski definition) is 15. The predicted octanol–water partition coefficient (Wildman–Crippen LogP) is -1.11. The number of carbonyl (C=O) groups excluding carboxylic acids is 4. The van der Waals surface area contributed by atoms with E-state index in [1.165, 1.54) is 19.1 Å². The first-order valence-electron chi connectivity index (χ1n) is 12.2. The summed E-state index contributed by atoms with van der Waals surface area (Å²) in [7, 11) is 2.19. The van der Waals surface area contributed by atoms with Gasteiger partial charge in [0.25, 0.3) is 0 Å². The van der Waals surface area contributed by atoms with Gasteiger partial charge in [0.05, 0.1) is 0 Å². The summed E-state index contributed by atoms with van der Waals surface area (Å²) in [6, 6.07) is 0.703. The van der Waals surface area contributed by atoms with E-state index in [0.29, 0.717) is 5.56 Å². The van der Waals surface area contributed by atoms with Crippen LogP contribution >= 0.6 is 21.6 Å². The Labute approximate surface area is 239 Å². The second-order valence-electron chi connectivity index (χ2n) is 9.17. The summed E-state index contributed by atoms with van der Waals surface area (Å²) in [6.07, 6.45) is -1.10. The Kier molecular flexibility index (Phi) is 15.1. The lowest BCUT2D eigenvalue weighted by molar-refractivity contribution is -0.165. The van der Waals surface area contributed by atoms with Crippen molar-refractivity contribution in [2.45, 2.75) is 63.5 Å². The lowest BCUT2D eigenvalue weighted by Gasteiger charge is -2.21. The summed E-state index contributed by atoms with van der Waals surface area (Å²) < 4.78 is 15.1. The highest BCUT2D eigenvalue weighted by molar-refractivity contribution is 8.76. The van der Waals surface area contributed by atoms with Crippen LogP contribution in [0.15, 0.2) is 24.3 Å². The summed E-state index contributed by atoms with van der Waals surface area (Å²) in [4.78, 5) is 59.4. The summed E-state index contributed by atoms with van der Waals surface area (Å²) in [5, 5.41) is 8.73. The van der Waals surface area contributed by atoms with Gasteiger partial charge in [-0.05, 0) is 37.0 Å². The maximum Gasteiger partial charge on any atom is 0.334 e. The van der Waals surface area contributed by atoms with Crippen LogP contribution in [0.3, 0.4) is 0 Å². The molecule has 0 aromatic heterocycles. The Morgan fingerprint density at radius 3 is 1.82 bits per heavy atom. The third-order valence-electron chi connectivity index (χ3n) is 5.37. The van der Waals surface area contributed by atoms with Crippen LogP contribution < -0.4 is 33.4 Å². The van der Waals surface area contributed by atoms with E-state index < -0.39 is 66.2 Å². The number of aliphatic carboxylic acids is 1. The number of rotatable bonds is 16. The number of carboxylic acids is 1. The smallest absolute Gasteiger partial charge is 0.334 e. The number of carboxylic acid groups (broad SMARTS) is 1. The number of ether oxygens (including phenoxy) is 3. The van der Waals surface area contributed by atoms with Gasteiger partial charge in [-0.3, -0.25) is 9.59 Å². The Bertz CT molecular complexity index is 1030.